The van der Waals surface area contributed by atoms with Crippen LogP contribution in [0.4, 0.5) is 5.69 Å². The van der Waals surface area contributed by atoms with Crippen molar-refractivity contribution in [3.63, 3.8) is 0 Å². The lowest BCUT2D eigenvalue weighted by Gasteiger charge is -2.10. The highest BCUT2D eigenvalue weighted by atomic mass is 32.2. The van der Waals surface area contributed by atoms with Gasteiger partial charge < -0.3 is 9.84 Å². The van der Waals surface area contributed by atoms with Crippen LogP contribution in [-0.2, 0) is 26.2 Å². The number of rotatable bonds is 6. The molecule has 0 amide bonds. The molecule has 0 spiro atoms. The average Bonchev–Trinajstić information content (AvgIpc) is 2.36. The molecule has 7 heteroatoms. The number of nitrogens with one attached hydrogen (secondary N) is 1. The Balaban J connectivity index is 2.73. The van der Waals surface area contributed by atoms with Crippen LogP contribution < -0.4 is 4.72 Å². The van der Waals surface area contributed by atoms with Crippen molar-refractivity contribution in [1.29, 1.82) is 0 Å². The molecule has 100 valence electrons. The lowest BCUT2D eigenvalue weighted by atomic mass is 10.2. The zero-order valence-electron chi connectivity index (χ0n) is 9.92. The molecule has 0 aromatic heterocycles. The minimum Gasteiger partial charge on any atom is -0.469 e. The first-order valence-electron chi connectivity index (χ1n) is 5.24. The first-order valence-corrected chi connectivity index (χ1v) is 6.90. The molecule has 0 saturated carbocycles. The molecule has 0 heterocycles. The van der Waals surface area contributed by atoms with Crippen molar-refractivity contribution in [3.8, 4) is 0 Å². The third-order valence-corrected chi connectivity index (χ3v) is 3.53. The summed E-state index contributed by atoms with van der Waals surface area (Å²) in [6.45, 7) is -0.268. The number of para-hydroxylation sites is 1. The van der Waals surface area contributed by atoms with E-state index < -0.39 is 16.0 Å². The summed E-state index contributed by atoms with van der Waals surface area (Å²) >= 11 is 0. The lowest BCUT2D eigenvalue weighted by molar-refractivity contribution is -0.140. The summed E-state index contributed by atoms with van der Waals surface area (Å²) in [7, 11) is -2.44. The SMILES string of the molecule is COC(=O)CCS(=O)(=O)Nc1ccccc1CO. The molecule has 0 radical (unpaired) electrons. The normalized spacial score (nSPS) is 11.0. The molecule has 0 fully saturated rings. The van der Waals surface area contributed by atoms with E-state index in [4.69, 9.17) is 5.11 Å². The van der Waals surface area contributed by atoms with Crippen LogP contribution in [0.2, 0.25) is 0 Å². The second kappa shape index (κ2) is 6.36. The Hall–Kier alpha value is -1.60. The third kappa shape index (κ3) is 4.34. The number of carbonyl (C=O) groups excluding carboxylic acids is 1. The number of sulfonamides is 1. The number of aliphatic hydroxyl groups is 1. The van der Waals surface area contributed by atoms with Gasteiger partial charge in [-0.25, -0.2) is 8.42 Å². The average molecular weight is 273 g/mol. The molecule has 18 heavy (non-hydrogen) atoms. The lowest BCUT2D eigenvalue weighted by Crippen LogP contribution is -2.20. The molecule has 1 aromatic carbocycles. The van der Waals surface area contributed by atoms with Crippen LogP contribution in [-0.4, -0.2) is 32.4 Å². The van der Waals surface area contributed by atoms with Gasteiger partial charge in [0.25, 0.3) is 0 Å². The van der Waals surface area contributed by atoms with Crippen molar-refractivity contribution in [1.82, 2.24) is 0 Å². The summed E-state index contributed by atoms with van der Waals surface area (Å²) in [6, 6.07) is 6.49. The molecule has 0 aliphatic heterocycles. The Morgan fingerprint density at radius 1 is 1.39 bits per heavy atom. The molecule has 0 aliphatic rings. The molecular weight excluding hydrogens is 258 g/mol. The molecule has 1 rings (SSSR count). The zero-order chi connectivity index (χ0) is 13.6. The molecule has 0 unspecified atom stereocenters. The maximum absolute atomic E-state index is 11.7. The molecule has 0 bridgehead atoms. The molecular formula is C11H15NO5S. The summed E-state index contributed by atoms with van der Waals surface area (Å²) in [5.74, 6) is -0.949. The maximum atomic E-state index is 11.7. The second-order valence-electron chi connectivity index (χ2n) is 3.56. The smallest absolute Gasteiger partial charge is 0.306 e. The van der Waals surface area contributed by atoms with Gasteiger partial charge in [0.1, 0.15) is 0 Å². The van der Waals surface area contributed by atoms with Crippen LogP contribution in [0, 0.1) is 0 Å². The van der Waals surface area contributed by atoms with E-state index in [9.17, 15) is 13.2 Å². The fourth-order valence-electron chi connectivity index (χ4n) is 1.30. The number of anilines is 1. The van der Waals surface area contributed by atoms with Gasteiger partial charge in [-0.2, -0.15) is 0 Å². The van der Waals surface area contributed by atoms with E-state index in [1.54, 1.807) is 24.3 Å². The van der Waals surface area contributed by atoms with Gasteiger partial charge in [0.2, 0.25) is 10.0 Å². The first-order chi connectivity index (χ1) is 8.48. The van der Waals surface area contributed by atoms with Gasteiger partial charge in [-0.05, 0) is 6.07 Å². The third-order valence-electron chi connectivity index (χ3n) is 2.26. The number of benzene rings is 1. The summed E-state index contributed by atoms with van der Waals surface area (Å²) in [5.41, 5.74) is 0.781. The Morgan fingerprint density at radius 3 is 2.67 bits per heavy atom. The summed E-state index contributed by atoms with van der Waals surface area (Å²) in [5, 5.41) is 9.06. The van der Waals surface area contributed by atoms with E-state index in [-0.39, 0.29) is 18.8 Å². The van der Waals surface area contributed by atoms with Crippen molar-refractivity contribution < 1.29 is 23.1 Å². The van der Waals surface area contributed by atoms with E-state index in [1.165, 1.54) is 7.11 Å². The van der Waals surface area contributed by atoms with E-state index in [2.05, 4.69) is 9.46 Å². The topological polar surface area (TPSA) is 92.7 Å². The van der Waals surface area contributed by atoms with Crippen molar-refractivity contribution >= 4 is 21.7 Å². The van der Waals surface area contributed by atoms with Crippen LogP contribution in [0.3, 0.4) is 0 Å². The fraction of sp³-hybridized carbons (Fsp3) is 0.364. The molecule has 2 N–H and O–H groups in total. The number of carbonyl (C=O) groups is 1. The molecule has 0 aliphatic carbocycles. The second-order valence-corrected chi connectivity index (χ2v) is 5.40. The standard InChI is InChI=1S/C11H15NO5S/c1-17-11(14)6-7-18(15,16)12-10-5-3-2-4-9(10)8-13/h2-5,12-13H,6-8H2,1H3. The molecule has 0 atom stereocenters. The van der Waals surface area contributed by atoms with E-state index in [0.29, 0.717) is 11.3 Å². The number of aliphatic hydroxyl groups excluding tert-OH is 1. The first kappa shape index (κ1) is 14.5. The quantitative estimate of drug-likeness (QED) is 0.736. The Bertz CT molecular complexity index is 512. The number of ether oxygens (including phenoxy) is 1. The van der Waals surface area contributed by atoms with E-state index >= 15 is 0 Å². The Labute approximate surface area is 106 Å². The molecule has 1 aromatic rings. The predicted octanol–water partition coefficient (Wildman–Crippen LogP) is 0.484. The fourth-order valence-corrected chi connectivity index (χ4v) is 2.37. The number of hydrogen-bond donors (Lipinski definition) is 2. The van der Waals surface area contributed by atoms with Gasteiger partial charge in [0, 0.05) is 5.56 Å². The summed E-state index contributed by atoms with van der Waals surface area (Å²) in [4.78, 5) is 10.9. The van der Waals surface area contributed by atoms with Crippen LogP contribution >= 0.6 is 0 Å². The Kier molecular flexibility index (Phi) is 5.11. The van der Waals surface area contributed by atoms with Crippen LogP contribution in [0.15, 0.2) is 24.3 Å². The van der Waals surface area contributed by atoms with Crippen LogP contribution in [0.1, 0.15) is 12.0 Å². The van der Waals surface area contributed by atoms with Gasteiger partial charge in [-0.3, -0.25) is 9.52 Å². The van der Waals surface area contributed by atoms with Crippen molar-refractivity contribution in [2.75, 3.05) is 17.6 Å². The number of hydrogen-bond acceptors (Lipinski definition) is 5. The monoisotopic (exact) mass is 273 g/mol. The van der Waals surface area contributed by atoms with Gasteiger partial charge in [0.05, 0.1) is 31.6 Å². The van der Waals surface area contributed by atoms with Crippen molar-refractivity contribution in [2.45, 2.75) is 13.0 Å². The highest BCUT2D eigenvalue weighted by Crippen LogP contribution is 2.16. The minimum absolute atomic E-state index is 0.215. The highest BCUT2D eigenvalue weighted by molar-refractivity contribution is 7.92. The van der Waals surface area contributed by atoms with Gasteiger partial charge in [0.15, 0.2) is 0 Å². The maximum Gasteiger partial charge on any atom is 0.306 e. The number of methoxy groups -OCH3 is 1. The number of esters is 1. The van der Waals surface area contributed by atoms with E-state index in [1.807, 2.05) is 0 Å². The molecule has 6 nitrogen and oxygen atoms in total. The van der Waals surface area contributed by atoms with E-state index in [0.717, 1.165) is 0 Å². The highest BCUT2D eigenvalue weighted by Gasteiger charge is 2.15. The summed E-state index contributed by atoms with van der Waals surface area (Å²) < 4.78 is 30.1. The predicted molar refractivity (Wildman–Crippen MR) is 66.4 cm³/mol. The van der Waals surface area contributed by atoms with Crippen molar-refractivity contribution in [3.05, 3.63) is 29.8 Å². The minimum atomic E-state index is -3.63. The van der Waals surface area contributed by atoms with Gasteiger partial charge >= 0.3 is 5.97 Å². The zero-order valence-corrected chi connectivity index (χ0v) is 10.7. The van der Waals surface area contributed by atoms with Crippen LogP contribution in [0.5, 0.6) is 0 Å². The molecule has 0 saturated heterocycles. The summed E-state index contributed by atoms with van der Waals surface area (Å²) in [6.07, 6.45) is -0.215. The largest absolute Gasteiger partial charge is 0.469 e. The van der Waals surface area contributed by atoms with Gasteiger partial charge in [-0.1, -0.05) is 18.2 Å². The van der Waals surface area contributed by atoms with Crippen molar-refractivity contribution in [2.24, 2.45) is 0 Å². The van der Waals surface area contributed by atoms with Crippen LogP contribution in [0.25, 0.3) is 0 Å². The van der Waals surface area contributed by atoms with Gasteiger partial charge in [-0.15, -0.1) is 0 Å². The Morgan fingerprint density at radius 2 is 2.06 bits per heavy atom.